The molecule has 7 rings (SSSR count). The van der Waals surface area contributed by atoms with Crippen LogP contribution in [0.1, 0.15) is 98.8 Å². The van der Waals surface area contributed by atoms with Gasteiger partial charge in [-0.15, -0.1) is 0 Å². The molecule has 10 nitrogen and oxygen atoms in total. The number of aliphatic hydroxyl groups is 6. The zero-order valence-corrected chi connectivity index (χ0v) is 29.5. The van der Waals surface area contributed by atoms with Gasteiger partial charge in [0, 0.05) is 12.0 Å². The van der Waals surface area contributed by atoms with Crippen LogP contribution < -0.4 is 0 Å². The van der Waals surface area contributed by atoms with Crippen LogP contribution in [0.3, 0.4) is 0 Å². The van der Waals surface area contributed by atoms with Gasteiger partial charge in [-0.3, -0.25) is 4.79 Å². The minimum atomic E-state index is -1.50. The summed E-state index contributed by atoms with van der Waals surface area (Å²) in [5.74, 6) is -0.383. The smallest absolute Gasteiger partial charge is 0.310 e. The van der Waals surface area contributed by atoms with Crippen molar-refractivity contribution in [3.05, 3.63) is 11.6 Å². The Bertz CT molecular complexity index is 1320. The summed E-state index contributed by atoms with van der Waals surface area (Å²) in [4.78, 5) is 13.5. The first-order valence-electron chi connectivity index (χ1n) is 18.6. The molecule has 7 aliphatic rings. The van der Waals surface area contributed by atoms with Gasteiger partial charge >= 0.3 is 5.97 Å². The van der Waals surface area contributed by atoms with Crippen molar-refractivity contribution in [2.75, 3.05) is 19.8 Å². The van der Waals surface area contributed by atoms with E-state index in [0.29, 0.717) is 19.3 Å². The molecule has 6 fully saturated rings. The van der Waals surface area contributed by atoms with Crippen LogP contribution in [0, 0.1) is 62.1 Å². The number of ether oxygens (including phenoxy) is 2. The van der Waals surface area contributed by atoms with Crippen molar-refractivity contribution >= 4 is 5.97 Å². The number of aliphatic hydroxyl groups excluding tert-OH is 6. The fourth-order valence-corrected chi connectivity index (χ4v) is 14.1. The maximum absolute atomic E-state index is 13.5. The van der Waals surface area contributed by atoms with Crippen molar-refractivity contribution in [2.24, 2.45) is 62.1 Å². The number of aliphatic carboxylic acids is 1. The van der Waals surface area contributed by atoms with Crippen LogP contribution in [-0.4, -0.2) is 98.3 Å². The summed E-state index contributed by atoms with van der Waals surface area (Å²) in [6.45, 7) is 10.9. The van der Waals surface area contributed by atoms with E-state index in [4.69, 9.17) is 9.47 Å². The minimum Gasteiger partial charge on any atom is -0.481 e. The number of hydrogen-bond acceptors (Lipinski definition) is 9. The Kier molecular flexibility index (Phi) is 8.42. The molecule has 0 aromatic carbocycles. The number of carboxylic acids is 1. The van der Waals surface area contributed by atoms with Gasteiger partial charge in [0.25, 0.3) is 0 Å². The van der Waals surface area contributed by atoms with Crippen LogP contribution in [0.25, 0.3) is 0 Å². The highest BCUT2D eigenvalue weighted by atomic mass is 16.7. The van der Waals surface area contributed by atoms with Gasteiger partial charge in [-0.1, -0.05) is 52.7 Å². The van der Waals surface area contributed by atoms with Gasteiger partial charge in [-0.2, -0.15) is 0 Å². The van der Waals surface area contributed by atoms with Gasteiger partial charge in [0.2, 0.25) is 0 Å². The van der Waals surface area contributed by atoms with E-state index in [1.165, 1.54) is 5.57 Å². The molecule has 0 amide bonds. The van der Waals surface area contributed by atoms with Gasteiger partial charge in [0.05, 0.1) is 30.8 Å². The summed E-state index contributed by atoms with van der Waals surface area (Å²) >= 11 is 0. The second-order valence-electron chi connectivity index (χ2n) is 18.7. The van der Waals surface area contributed by atoms with Gasteiger partial charge in [-0.25, -0.2) is 0 Å². The van der Waals surface area contributed by atoms with Crippen molar-refractivity contribution < 1.29 is 50.0 Å². The van der Waals surface area contributed by atoms with Crippen molar-refractivity contribution in [1.82, 2.24) is 0 Å². The highest BCUT2D eigenvalue weighted by molar-refractivity contribution is 5.77. The number of allylic oxidation sites excluding steroid dienone is 2. The lowest BCUT2D eigenvalue weighted by atomic mass is 9.31. The standard InChI is InChI=1S/C38H60O10/c1-33(18-39)13-21-8-6-7-20-14-38(21,32(45)46)23(15-33)22-9-10-27-34(2)16-24(41)30(48-31-29(44)28(43)25(42)17-47-31)35(3,19-40)26(34)11-12-36(27,4)37(20,22)5/h9,20-21,23-31,39-44H,6-8,10-19H2,1-5H3,(H,45,46). The fraction of sp³-hybridized carbons (Fsp3) is 0.921. The van der Waals surface area contributed by atoms with Gasteiger partial charge in [0.15, 0.2) is 6.29 Å². The van der Waals surface area contributed by atoms with Crippen molar-refractivity contribution in [2.45, 2.75) is 136 Å². The molecule has 10 heteroatoms. The molecule has 7 N–H and O–H groups in total. The Morgan fingerprint density at radius 3 is 2.25 bits per heavy atom. The Morgan fingerprint density at radius 1 is 0.875 bits per heavy atom. The molecule has 0 aromatic rings. The first kappa shape index (κ1) is 35.3. The van der Waals surface area contributed by atoms with E-state index in [1.54, 1.807) is 0 Å². The van der Waals surface area contributed by atoms with E-state index in [0.717, 1.165) is 44.9 Å². The summed E-state index contributed by atoms with van der Waals surface area (Å²) in [5, 5.41) is 75.7. The second kappa shape index (κ2) is 11.4. The Morgan fingerprint density at radius 2 is 1.58 bits per heavy atom. The lowest BCUT2D eigenvalue weighted by Crippen LogP contribution is -2.70. The van der Waals surface area contributed by atoms with Crippen molar-refractivity contribution in [1.29, 1.82) is 0 Å². The molecule has 2 bridgehead atoms. The van der Waals surface area contributed by atoms with Crippen molar-refractivity contribution in [3.63, 3.8) is 0 Å². The normalized spacial score (nSPS) is 57.7. The first-order chi connectivity index (χ1) is 22.5. The maximum Gasteiger partial charge on any atom is 0.310 e. The van der Waals surface area contributed by atoms with E-state index in [-0.39, 0.29) is 71.1 Å². The van der Waals surface area contributed by atoms with Crippen LogP contribution in [-0.2, 0) is 14.3 Å². The molecular weight excluding hydrogens is 616 g/mol. The molecule has 0 spiro atoms. The summed E-state index contributed by atoms with van der Waals surface area (Å²) in [7, 11) is 0. The third-order valence-electron chi connectivity index (χ3n) is 16.6. The summed E-state index contributed by atoms with van der Waals surface area (Å²) in [6, 6.07) is 0. The van der Waals surface area contributed by atoms with Crippen LogP contribution in [0.2, 0.25) is 0 Å². The van der Waals surface area contributed by atoms with E-state index in [1.807, 2.05) is 6.92 Å². The van der Waals surface area contributed by atoms with E-state index < -0.39 is 53.6 Å². The minimum absolute atomic E-state index is 0.0242. The molecule has 272 valence electrons. The van der Waals surface area contributed by atoms with E-state index >= 15 is 0 Å². The van der Waals surface area contributed by atoms with Crippen LogP contribution in [0.5, 0.6) is 0 Å². The molecule has 1 aliphatic heterocycles. The Balaban J connectivity index is 1.28. The zero-order valence-electron chi connectivity index (χ0n) is 29.5. The lowest BCUT2D eigenvalue weighted by Gasteiger charge is -2.73. The SMILES string of the molecule is CC1(CO)CC2CCCC3CC2(C(=O)O)C(C1)C1=CCC2C4(C)CC(O)C(OC5OCC(O)C(O)C5O)C(C)(CO)C4CCC2(C)C13C. The van der Waals surface area contributed by atoms with Gasteiger partial charge in [-0.05, 0) is 109 Å². The molecule has 6 aliphatic carbocycles. The highest BCUT2D eigenvalue weighted by Gasteiger charge is 2.74. The molecule has 1 heterocycles. The first-order valence-corrected chi connectivity index (χ1v) is 18.6. The maximum atomic E-state index is 13.5. The van der Waals surface area contributed by atoms with E-state index in [9.17, 15) is 40.5 Å². The average Bonchev–Trinajstić information content (AvgIpc) is 3.22. The Labute approximate surface area is 284 Å². The lowest BCUT2D eigenvalue weighted by molar-refractivity contribution is -0.328. The molecule has 1 saturated heterocycles. The predicted molar refractivity (Wildman–Crippen MR) is 175 cm³/mol. The number of hydrogen-bond donors (Lipinski definition) is 7. The Hall–Kier alpha value is -1.11. The fourth-order valence-electron chi connectivity index (χ4n) is 14.1. The second-order valence-corrected chi connectivity index (χ2v) is 18.7. The number of rotatable bonds is 5. The largest absolute Gasteiger partial charge is 0.481 e. The molecule has 0 aromatic heterocycles. The predicted octanol–water partition coefficient (Wildman–Crippen LogP) is 3.25. The number of carboxylic acid groups (broad SMARTS) is 1. The quantitative estimate of drug-likeness (QED) is 0.169. The monoisotopic (exact) mass is 676 g/mol. The molecular formula is C38H60O10. The number of carbonyl (C=O) groups is 1. The molecule has 17 atom stereocenters. The topological polar surface area (TPSA) is 177 Å². The average molecular weight is 677 g/mol. The van der Waals surface area contributed by atoms with Gasteiger partial charge < -0.3 is 45.2 Å². The molecule has 17 unspecified atom stereocenters. The van der Waals surface area contributed by atoms with Gasteiger partial charge in [0.1, 0.15) is 18.3 Å². The van der Waals surface area contributed by atoms with Crippen molar-refractivity contribution in [3.8, 4) is 0 Å². The molecule has 5 saturated carbocycles. The molecule has 0 radical (unpaired) electrons. The molecule has 48 heavy (non-hydrogen) atoms. The van der Waals surface area contributed by atoms with Crippen LogP contribution >= 0.6 is 0 Å². The van der Waals surface area contributed by atoms with Crippen LogP contribution in [0.15, 0.2) is 11.6 Å². The zero-order chi connectivity index (χ0) is 34.8. The third kappa shape index (κ3) is 4.42. The number of fused-ring (bicyclic) bond motifs is 8. The third-order valence-corrected chi connectivity index (χ3v) is 16.6. The van der Waals surface area contributed by atoms with E-state index in [2.05, 4.69) is 33.8 Å². The summed E-state index contributed by atoms with van der Waals surface area (Å²) in [5.41, 5.74) is -1.50. The van der Waals surface area contributed by atoms with Crippen LogP contribution in [0.4, 0.5) is 0 Å². The summed E-state index contributed by atoms with van der Waals surface area (Å²) in [6.07, 6.45) is 2.99. The summed E-state index contributed by atoms with van der Waals surface area (Å²) < 4.78 is 11.9. The highest BCUT2D eigenvalue weighted by Crippen LogP contribution is 2.78.